The molecule has 0 amide bonds. The van der Waals surface area contributed by atoms with E-state index in [1.165, 1.54) is 0 Å². The van der Waals surface area contributed by atoms with E-state index < -0.39 is 16.6 Å². The Kier molecular flexibility index (Phi) is 11.3. The van der Waals surface area contributed by atoms with Crippen LogP contribution < -0.4 is 4.74 Å². The summed E-state index contributed by atoms with van der Waals surface area (Å²) in [7, 11) is -4.04. The van der Waals surface area contributed by atoms with Crippen molar-refractivity contribution >= 4 is 34.5 Å². The minimum absolute atomic E-state index is 0.0158. The average Bonchev–Trinajstić information content (AvgIpc) is 3.13. The second-order valence-corrected chi connectivity index (χ2v) is 23.1. The summed E-state index contributed by atoms with van der Waals surface area (Å²) >= 11 is 6.15. The quantitative estimate of drug-likeness (QED) is 0.145. The van der Waals surface area contributed by atoms with Crippen molar-refractivity contribution in [2.75, 3.05) is 13.2 Å². The standard InChI is InChI=1S/C29H49ClO5Si2/c1-28(2,3)36(7,8)34-24(20-32-23-14-11-13-22(30)19-23)16-17-26-25(15-12-18-31)27(21-33-26)35-37(9,10)29(4,5)6/h11,13-14,16-19,24-27H,12,15,20-21H2,1-10H3/b17-16+. The third kappa shape index (κ3) is 9.32. The van der Waals surface area contributed by atoms with Crippen LogP contribution >= 0.6 is 11.6 Å². The molecule has 0 N–H and O–H groups in total. The molecule has 1 fully saturated rings. The van der Waals surface area contributed by atoms with Crippen LogP contribution in [0.25, 0.3) is 0 Å². The van der Waals surface area contributed by atoms with Gasteiger partial charge in [-0.15, -0.1) is 0 Å². The molecule has 0 bridgehead atoms. The minimum atomic E-state index is -2.06. The van der Waals surface area contributed by atoms with Crippen molar-refractivity contribution in [2.24, 2.45) is 5.92 Å². The molecular formula is C29H49ClO5Si2. The van der Waals surface area contributed by atoms with Crippen LogP contribution in [0, 0.1) is 5.92 Å². The lowest BCUT2D eigenvalue weighted by Crippen LogP contribution is -2.46. The van der Waals surface area contributed by atoms with Crippen LogP contribution in [0.5, 0.6) is 5.75 Å². The van der Waals surface area contributed by atoms with Crippen molar-refractivity contribution in [3.05, 3.63) is 41.4 Å². The summed E-state index contributed by atoms with van der Waals surface area (Å²) < 4.78 is 25.8. The summed E-state index contributed by atoms with van der Waals surface area (Å²) in [6.45, 7) is 23.4. The van der Waals surface area contributed by atoms with Crippen molar-refractivity contribution in [1.82, 2.24) is 0 Å². The fourth-order valence-corrected chi connectivity index (χ4v) is 6.59. The third-order valence-corrected chi connectivity index (χ3v) is 17.4. The lowest BCUT2D eigenvalue weighted by atomic mass is 9.93. The predicted octanol–water partition coefficient (Wildman–Crippen LogP) is 8.05. The van der Waals surface area contributed by atoms with Gasteiger partial charge in [-0.05, 0) is 60.9 Å². The van der Waals surface area contributed by atoms with Gasteiger partial charge in [0.25, 0.3) is 0 Å². The van der Waals surface area contributed by atoms with Gasteiger partial charge in [0.05, 0.1) is 24.9 Å². The monoisotopic (exact) mass is 568 g/mol. The number of hydrogen-bond acceptors (Lipinski definition) is 5. The Morgan fingerprint density at radius 2 is 1.73 bits per heavy atom. The first-order valence-electron chi connectivity index (χ1n) is 13.4. The molecule has 1 aliphatic rings. The molecule has 1 aromatic rings. The molecule has 0 aliphatic carbocycles. The number of ether oxygens (including phenoxy) is 2. The van der Waals surface area contributed by atoms with Crippen molar-refractivity contribution < 1.29 is 23.1 Å². The van der Waals surface area contributed by atoms with Gasteiger partial charge >= 0.3 is 0 Å². The first-order valence-corrected chi connectivity index (χ1v) is 19.6. The van der Waals surface area contributed by atoms with Gasteiger partial charge in [-0.1, -0.05) is 71.4 Å². The van der Waals surface area contributed by atoms with Gasteiger partial charge in [-0.25, -0.2) is 0 Å². The molecule has 1 heterocycles. The van der Waals surface area contributed by atoms with Crippen LogP contribution in [0.3, 0.4) is 0 Å². The van der Waals surface area contributed by atoms with E-state index in [4.69, 9.17) is 29.9 Å². The number of halogens is 1. The highest BCUT2D eigenvalue weighted by atomic mass is 35.5. The second-order valence-electron chi connectivity index (χ2n) is 13.2. The lowest BCUT2D eigenvalue weighted by molar-refractivity contribution is -0.108. The first-order chi connectivity index (χ1) is 17.0. The van der Waals surface area contributed by atoms with Gasteiger partial charge in [0.15, 0.2) is 16.6 Å². The fraction of sp³-hybridized carbons (Fsp3) is 0.690. The number of benzene rings is 1. The highest BCUT2D eigenvalue weighted by molar-refractivity contribution is 6.74. The summed E-state index contributed by atoms with van der Waals surface area (Å²) in [4.78, 5) is 11.2. The highest BCUT2D eigenvalue weighted by Gasteiger charge is 2.45. The van der Waals surface area contributed by atoms with Gasteiger partial charge in [-0.3, -0.25) is 0 Å². The van der Waals surface area contributed by atoms with E-state index in [2.05, 4.69) is 79.9 Å². The van der Waals surface area contributed by atoms with Crippen LogP contribution in [0.4, 0.5) is 0 Å². The van der Waals surface area contributed by atoms with E-state index in [1.54, 1.807) is 0 Å². The second kappa shape index (κ2) is 12.9. The molecule has 4 atom stereocenters. The van der Waals surface area contributed by atoms with Gasteiger partial charge in [0.2, 0.25) is 0 Å². The number of hydrogen-bond donors (Lipinski definition) is 0. The average molecular weight is 569 g/mol. The SMILES string of the molecule is CC(C)(C)[Si](C)(C)OC(/C=C/C1OCC(O[Si](C)(C)C(C)(C)C)C1CCC=O)COc1cccc(Cl)c1. The molecule has 1 aliphatic heterocycles. The molecular weight excluding hydrogens is 520 g/mol. The number of rotatable bonds is 12. The minimum Gasteiger partial charge on any atom is -0.491 e. The molecule has 2 rings (SSSR count). The Labute approximate surface area is 232 Å². The zero-order valence-corrected chi connectivity index (χ0v) is 27.4. The Bertz CT molecular complexity index is 904. The Hall–Kier alpha value is -0.966. The van der Waals surface area contributed by atoms with Crippen LogP contribution in [0.15, 0.2) is 36.4 Å². The van der Waals surface area contributed by atoms with Crippen LogP contribution in [0.2, 0.25) is 41.3 Å². The normalized spacial score (nSPS) is 22.4. The summed E-state index contributed by atoms with van der Waals surface area (Å²) in [5, 5.41) is 0.809. The topological polar surface area (TPSA) is 54.0 Å². The predicted molar refractivity (Wildman–Crippen MR) is 159 cm³/mol. The molecule has 1 aromatic carbocycles. The van der Waals surface area contributed by atoms with E-state index in [0.29, 0.717) is 30.4 Å². The summed E-state index contributed by atoms with van der Waals surface area (Å²) in [5.74, 6) is 0.839. The van der Waals surface area contributed by atoms with E-state index in [1.807, 2.05) is 24.3 Å². The Morgan fingerprint density at radius 1 is 1.08 bits per heavy atom. The molecule has 1 saturated heterocycles. The third-order valence-electron chi connectivity index (χ3n) is 8.20. The van der Waals surface area contributed by atoms with Crippen LogP contribution in [0.1, 0.15) is 54.4 Å². The van der Waals surface area contributed by atoms with Crippen LogP contribution in [-0.2, 0) is 18.4 Å². The smallest absolute Gasteiger partial charge is 0.193 e. The highest BCUT2D eigenvalue weighted by Crippen LogP contribution is 2.41. The first kappa shape index (κ1) is 32.2. The van der Waals surface area contributed by atoms with Gasteiger partial charge in [-0.2, -0.15) is 0 Å². The fourth-order valence-electron chi connectivity index (χ4n) is 3.80. The van der Waals surface area contributed by atoms with Crippen molar-refractivity contribution in [3.63, 3.8) is 0 Å². The van der Waals surface area contributed by atoms with Crippen LogP contribution in [-0.4, -0.2) is 54.4 Å². The zero-order valence-electron chi connectivity index (χ0n) is 24.6. The van der Waals surface area contributed by atoms with E-state index in [9.17, 15) is 4.79 Å². The maximum atomic E-state index is 11.2. The number of carbonyl (C=O) groups is 1. The Morgan fingerprint density at radius 3 is 2.30 bits per heavy atom. The molecule has 8 heteroatoms. The maximum Gasteiger partial charge on any atom is 0.193 e. The molecule has 0 spiro atoms. The molecule has 37 heavy (non-hydrogen) atoms. The largest absolute Gasteiger partial charge is 0.491 e. The number of aldehydes is 1. The Balaban J connectivity index is 2.23. The van der Waals surface area contributed by atoms with Crippen molar-refractivity contribution in [2.45, 2.75) is 109 Å². The molecule has 4 unspecified atom stereocenters. The van der Waals surface area contributed by atoms with E-state index in [0.717, 1.165) is 12.7 Å². The molecule has 5 nitrogen and oxygen atoms in total. The summed E-state index contributed by atoms with van der Waals surface area (Å²) in [6, 6.07) is 7.42. The zero-order chi connectivity index (χ0) is 28.1. The van der Waals surface area contributed by atoms with Gasteiger partial charge in [0, 0.05) is 17.4 Å². The van der Waals surface area contributed by atoms with E-state index >= 15 is 0 Å². The maximum absolute atomic E-state index is 11.2. The van der Waals surface area contributed by atoms with Crippen molar-refractivity contribution in [1.29, 1.82) is 0 Å². The molecule has 0 radical (unpaired) electrons. The van der Waals surface area contributed by atoms with E-state index in [-0.39, 0.29) is 34.3 Å². The van der Waals surface area contributed by atoms with Gasteiger partial charge in [0.1, 0.15) is 18.6 Å². The lowest BCUT2D eigenvalue weighted by Gasteiger charge is -2.39. The summed E-state index contributed by atoms with van der Waals surface area (Å²) in [6.07, 6.45) is 6.02. The summed E-state index contributed by atoms with van der Waals surface area (Å²) in [5.41, 5.74) is 0. The van der Waals surface area contributed by atoms with Crippen molar-refractivity contribution in [3.8, 4) is 5.75 Å². The molecule has 0 saturated carbocycles. The molecule has 0 aromatic heterocycles. The number of carbonyl (C=O) groups excluding carboxylic acids is 1. The molecule has 210 valence electrons. The van der Waals surface area contributed by atoms with Gasteiger partial charge < -0.3 is 23.1 Å².